The molecule has 0 aliphatic rings. The molecule has 0 fully saturated rings. The van der Waals surface area contributed by atoms with Gasteiger partial charge in [-0.25, -0.2) is 0 Å². The maximum Gasteiger partial charge on any atom is 0.269 e. The van der Waals surface area contributed by atoms with Crippen LogP contribution in [0.5, 0.6) is 0 Å². The molecule has 0 aromatic heterocycles. The van der Waals surface area contributed by atoms with Gasteiger partial charge in [0.1, 0.15) is 0 Å². The molecular weight excluding hydrogens is 360 g/mol. The Morgan fingerprint density at radius 3 is 2.76 bits per heavy atom. The van der Waals surface area contributed by atoms with Crippen LogP contribution in [0.25, 0.3) is 0 Å². The van der Waals surface area contributed by atoms with Gasteiger partial charge in [0.05, 0.1) is 22.1 Å². The van der Waals surface area contributed by atoms with Gasteiger partial charge < -0.3 is 5.32 Å². The van der Waals surface area contributed by atoms with Gasteiger partial charge in [0.2, 0.25) is 5.91 Å². The number of carbonyl (C=O) groups is 1. The summed E-state index contributed by atoms with van der Waals surface area (Å²) >= 11 is 9.28. The minimum Gasteiger partial charge on any atom is -0.324 e. The summed E-state index contributed by atoms with van der Waals surface area (Å²) in [6, 6.07) is 11.1. The number of anilines is 1. The van der Waals surface area contributed by atoms with E-state index in [-0.39, 0.29) is 18.0 Å². The molecule has 0 atom stereocenters. The summed E-state index contributed by atoms with van der Waals surface area (Å²) < 4.78 is 0.789. The number of carbonyl (C=O) groups excluding carboxylic acids is 1. The first-order valence-corrected chi connectivity index (χ1v) is 7.11. The number of nitro benzene ring substituents is 1. The van der Waals surface area contributed by atoms with Gasteiger partial charge in [-0.3, -0.25) is 14.9 Å². The van der Waals surface area contributed by atoms with Gasteiger partial charge in [-0.05, 0) is 23.8 Å². The third-order valence-corrected chi connectivity index (χ3v) is 3.51. The van der Waals surface area contributed by atoms with Gasteiger partial charge in [-0.1, -0.05) is 39.7 Å². The van der Waals surface area contributed by atoms with Crippen LogP contribution in [-0.4, -0.2) is 10.8 Å². The predicted octanol–water partition coefficient (Wildman–Crippen LogP) is 4.19. The standard InChI is InChI=1S/C14H10BrClN2O3/c15-10-4-5-12(16)13(8-10)17-14(19)7-9-2-1-3-11(6-9)18(20)21/h1-6,8H,7H2,(H,17,19). The van der Waals surface area contributed by atoms with Crippen molar-refractivity contribution < 1.29 is 9.72 Å². The number of hydrogen-bond acceptors (Lipinski definition) is 3. The number of nitrogens with one attached hydrogen (secondary N) is 1. The first-order valence-electron chi connectivity index (χ1n) is 5.94. The maximum atomic E-state index is 12.0. The third-order valence-electron chi connectivity index (χ3n) is 2.69. The minimum atomic E-state index is -0.493. The highest BCUT2D eigenvalue weighted by Gasteiger charge is 2.10. The van der Waals surface area contributed by atoms with E-state index in [0.29, 0.717) is 16.3 Å². The molecule has 0 aliphatic carbocycles. The van der Waals surface area contributed by atoms with E-state index in [1.54, 1.807) is 30.3 Å². The van der Waals surface area contributed by atoms with Gasteiger partial charge in [0.15, 0.2) is 0 Å². The maximum absolute atomic E-state index is 12.0. The summed E-state index contributed by atoms with van der Waals surface area (Å²) in [6.45, 7) is 0. The van der Waals surface area contributed by atoms with Gasteiger partial charge in [0.25, 0.3) is 5.69 Å². The highest BCUT2D eigenvalue weighted by molar-refractivity contribution is 9.10. The quantitative estimate of drug-likeness (QED) is 0.648. The van der Waals surface area contributed by atoms with Gasteiger partial charge in [-0.2, -0.15) is 0 Å². The number of hydrogen-bond donors (Lipinski definition) is 1. The Bertz CT molecular complexity index is 706. The Morgan fingerprint density at radius 1 is 1.29 bits per heavy atom. The van der Waals surface area contributed by atoms with Gasteiger partial charge in [-0.15, -0.1) is 0 Å². The molecule has 1 N–H and O–H groups in total. The second-order valence-corrected chi connectivity index (χ2v) is 5.60. The van der Waals surface area contributed by atoms with Crippen LogP contribution < -0.4 is 5.32 Å². The smallest absolute Gasteiger partial charge is 0.269 e. The molecule has 2 rings (SSSR count). The first kappa shape index (κ1) is 15.5. The van der Waals surface area contributed by atoms with Crippen molar-refractivity contribution in [3.63, 3.8) is 0 Å². The van der Waals surface area contributed by atoms with Crippen LogP contribution in [0.4, 0.5) is 11.4 Å². The number of nitrogens with zero attached hydrogens (tertiary/aromatic N) is 1. The normalized spacial score (nSPS) is 10.2. The summed E-state index contributed by atoms with van der Waals surface area (Å²) in [5.74, 6) is -0.296. The fourth-order valence-electron chi connectivity index (χ4n) is 1.75. The second kappa shape index (κ2) is 6.69. The zero-order valence-electron chi connectivity index (χ0n) is 10.7. The van der Waals surface area contributed by atoms with Crippen molar-refractivity contribution in [2.45, 2.75) is 6.42 Å². The largest absolute Gasteiger partial charge is 0.324 e. The van der Waals surface area contributed by atoms with E-state index in [4.69, 9.17) is 11.6 Å². The van der Waals surface area contributed by atoms with E-state index in [1.165, 1.54) is 12.1 Å². The Labute approximate surface area is 134 Å². The van der Waals surface area contributed by atoms with Crippen LogP contribution in [0.3, 0.4) is 0 Å². The van der Waals surface area contributed by atoms with E-state index < -0.39 is 4.92 Å². The van der Waals surface area contributed by atoms with Crippen molar-refractivity contribution in [1.82, 2.24) is 0 Å². The molecule has 0 spiro atoms. The average molecular weight is 370 g/mol. The zero-order chi connectivity index (χ0) is 15.4. The monoisotopic (exact) mass is 368 g/mol. The molecular formula is C14H10BrClN2O3. The molecule has 1 amide bonds. The molecule has 7 heteroatoms. The van der Waals surface area contributed by atoms with E-state index in [0.717, 1.165) is 4.47 Å². The van der Waals surface area contributed by atoms with Crippen molar-refractivity contribution in [2.24, 2.45) is 0 Å². The third kappa shape index (κ3) is 4.27. The van der Waals surface area contributed by atoms with Crippen molar-refractivity contribution in [3.8, 4) is 0 Å². The average Bonchev–Trinajstić information content (AvgIpc) is 2.43. The second-order valence-electron chi connectivity index (χ2n) is 4.28. The molecule has 0 radical (unpaired) electrons. The first-order chi connectivity index (χ1) is 9.95. The van der Waals surface area contributed by atoms with Crippen LogP contribution in [0.1, 0.15) is 5.56 Å². The van der Waals surface area contributed by atoms with Crippen molar-refractivity contribution in [2.75, 3.05) is 5.32 Å². The molecule has 5 nitrogen and oxygen atoms in total. The van der Waals surface area contributed by atoms with E-state index in [9.17, 15) is 14.9 Å². The predicted molar refractivity (Wildman–Crippen MR) is 84.6 cm³/mol. The Morgan fingerprint density at radius 2 is 2.05 bits per heavy atom. The molecule has 21 heavy (non-hydrogen) atoms. The number of non-ortho nitro benzene ring substituents is 1. The van der Waals surface area contributed by atoms with Crippen LogP contribution in [0.15, 0.2) is 46.9 Å². The molecule has 0 aliphatic heterocycles. The Balaban J connectivity index is 2.10. The molecule has 0 bridgehead atoms. The molecule has 0 saturated heterocycles. The lowest BCUT2D eigenvalue weighted by Crippen LogP contribution is -2.14. The number of amides is 1. The topological polar surface area (TPSA) is 72.2 Å². The van der Waals surface area contributed by atoms with Crippen molar-refractivity contribution in [3.05, 3.63) is 67.6 Å². The number of halogens is 2. The fraction of sp³-hybridized carbons (Fsp3) is 0.0714. The summed E-state index contributed by atoms with van der Waals surface area (Å²) in [5, 5.41) is 13.8. The minimum absolute atomic E-state index is 0.0323. The highest BCUT2D eigenvalue weighted by atomic mass is 79.9. The lowest BCUT2D eigenvalue weighted by molar-refractivity contribution is -0.384. The molecule has 0 heterocycles. The molecule has 2 aromatic rings. The lowest BCUT2D eigenvalue weighted by Gasteiger charge is -2.07. The Hall–Kier alpha value is -1.92. The number of rotatable bonds is 4. The lowest BCUT2D eigenvalue weighted by atomic mass is 10.1. The van der Waals surface area contributed by atoms with Gasteiger partial charge >= 0.3 is 0 Å². The summed E-state index contributed by atoms with van der Waals surface area (Å²) in [4.78, 5) is 22.2. The summed E-state index contributed by atoms with van der Waals surface area (Å²) in [5.41, 5.74) is 1.01. The highest BCUT2D eigenvalue weighted by Crippen LogP contribution is 2.26. The van der Waals surface area contributed by atoms with Crippen molar-refractivity contribution >= 4 is 44.8 Å². The molecule has 0 unspecified atom stereocenters. The summed E-state index contributed by atoms with van der Waals surface area (Å²) in [7, 11) is 0. The van der Waals surface area contributed by atoms with E-state index >= 15 is 0 Å². The van der Waals surface area contributed by atoms with Gasteiger partial charge in [0, 0.05) is 16.6 Å². The van der Waals surface area contributed by atoms with Crippen molar-refractivity contribution in [1.29, 1.82) is 0 Å². The van der Waals surface area contributed by atoms with Crippen LogP contribution in [-0.2, 0) is 11.2 Å². The van der Waals surface area contributed by atoms with Crippen LogP contribution >= 0.6 is 27.5 Å². The molecule has 108 valence electrons. The molecule has 2 aromatic carbocycles. The van der Waals surface area contributed by atoms with E-state index in [2.05, 4.69) is 21.2 Å². The van der Waals surface area contributed by atoms with Crippen LogP contribution in [0, 0.1) is 10.1 Å². The number of benzene rings is 2. The SMILES string of the molecule is O=C(Cc1cccc([N+](=O)[O-])c1)Nc1cc(Br)ccc1Cl. The molecule has 0 saturated carbocycles. The van der Waals surface area contributed by atoms with E-state index in [1.807, 2.05) is 0 Å². The Kier molecular flexibility index (Phi) is 4.93. The fourth-order valence-corrected chi connectivity index (χ4v) is 2.28. The number of nitro groups is 1. The summed E-state index contributed by atoms with van der Waals surface area (Å²) in [6.07, 6.45) is 0.0323. The zero-order valence-corrected chi connectivity index (χ0v) is 13.0. The van der Waals surface area contributed by atoms with Crippen LogP contribution in [0.2, 0.25) is 5.02 Å².